The van der Waals surface area contributed by atoms with E-state index in [1.807, 2.05) is 42.6 Å². The summed E-state index contributed by atoms with van der Waals surface area (Å²) in [5.74, 6) is 6.86. The van der Waals surface area contributed by atoms with E-state index in [0.717, 1.165) is 56.6 Å². The third-order valence-electron chi connectivity index (χ3n) is 15.2. The summed E-state index contributed by atoms with van der Waals surface area (Å²) in [4.78, 5) is 82.8. The molecular weight excluding hydrogens is 873 g/mol. The molecule has 16 heteroatoms. The Morgan fingerprint density at radius 3 is 2.54 bits per heavy atom. The summed E-state index contributed by atoms with van der Waals surface area (Å²) in [5, 5.41) is 16.4. The van der Waals surface area contributed by atoms with Crippen molar-refractivity contribution in [3.63, 3.8) is 0 Å². The van der Waals surface area contributed by atoms with Gasteiger partial charge in [-0.3, -0.25) is 39.1 Å². The van der Waals surface area contributed by atoms with Crippen molar-refractivity contribution in [2.24, 2.45) is 18.4 Å². The monoisotopic (exact) mass is 928 g/mol. The number of aliphatic hydroxyl groups is 1. The van der Waals surface area contributed by atoms with Gasteiger partial charge in [0.05, 0.1) is 24.1 Å². The van der Waals surface area contributed by atoms with Crippen molar-refractivity contribution in [3.05, 3.63) is 117 Å². The van der Waals surface area contributed by atoms with Gasteiger partial charge in [0.25, 0.3) is 17.4 Å². The van der Waals surface area contributed by atoms with E-state index in [-0.39, 0.29) is 53.7 Å². The minimum atomic E-state index is -0.653. The smallest absolute Gasteiger partial charge is 0.276 e. The number of hydrogen-bond donors (Lipinski definition) is 3. The van der Waals surface area contributed by atoms with Gasteiger partial charge in [-0.15, -0.1) is 0 Å². The van der Waals surface area contributed by atoms with Crippen LogP contribution in [0.4, 0.5) is 23.0 Å². The van der Waals surface area contributed by atoms with Crippen LogP contribution in [0, 0.1) is 23.2 Å². The van der Waals surface area contributed by atoms with Gasteiger partial charge in [0.1, 0.15) is 29.1 Å². The number of fused-ring (bicyclic) bond motifs is 4. The molecule has 0 bridgehead atoms. The van der Waals surface area contributed by atoms with Crippen LogP contribution < -0.4 is 26.0 Å². The molecule has 354 valence electrons. The Bertz CT molecular complexity index is 3080. The van der Waals surface area contributed by atoms with Crippen LogP contribution in [-0.4, -0.2) is 102 Å². The van der Waals surface area contributed by atoms with E-state index in [2.05, 4.69) is 62.6 Å². The fourth-order valence-electron chi connectivity index (χ4n) is 11.6. The summed E-state index contributed by atoms with van der Waals surface area (Å²) >= 11 is 0. The van der Waals surface area contributed by atoms with Crippen molar-refractivity contribution in [1.29, 1.82) is 0 Å². The highest BCUT2D eigenvalue weighted by atomic mass is 16.3. The number of aryl methyl sites for hydroxylation is 1. The lowest BCUT2D eigenvalue weighted by molar-refractivity contribution is -0.136. The first kappa shape index (κ1) is 44.4. The standard InChI is InChI=1S/C53H56N10O6/c1-31-27-59(38-20-32(21-38)8-9-33-6-5-7-34-29-63(52(69)47(33)34)42-11-13-46(65)57-49(42)66)16-17-60(31)37-10-12-45(55-26-37)56-41-22-36(28-58(4)50(41)67)39-14-15-54-48(40(39)30-64)62-19-18-61-43(51(62)68)23-35-24-53(2,3)25-44(35)61/h5-7,10,12,14-15,22-23,26,28,31-32,38,42,64H,11,13,16-21,24-25,27,29-30H2,1-4H3,(H,55,56)(H,57,65,66)/t31-,32?,38?,42?/m0/s1. The number of amides is 4. The molecule has 5 aromatic rings. The molecule has 2 atom stereocenters. The molecule has 1 saturated carbocycles. The zero-order chi connectivity index (χ0) is 47.9. The number of benzene rings is 1. The molecule has 16 nitrogen and oxygen atoms in total. The van der Waals surface area contributed by atoms with E-state index in [1.54, 1.807) is 41.4 Å². The van der Waals surface area contributed by atoms with Crippen LogP contribution in [0.2, 0.25) is 0 Å². The van der Waals surface area contributed by atoms with Crippen LogP contribution in [0.3, 0.4) is 0 Å². The number of carbonyl (C=O) groups is 4. The fourth-order valence-corrected chi connectivity index (χ4v) is 11.6. The highest BCUT2D eigenvalue weighted by Crippen LogP contribution is 2.41. The van der Waals surface area contributed by atoms with Crippen molar-refractivity contribution in [1.82, 2.24) is 34.2 Å². The number of nitrogens with zero attached hydrogens (tertiary/aromatic N) is 8. The molecule has 6 aliphatic rings. The van der Waals surface area contributed by atoms with E-state index < -0.39 is 11.9 Å². The highest BCUT2D eigenvalue weighted by molar-refractivity contribution is 6.07. The maximum atomic E-state index is 14.0. The van der Waals surface area contributed by atoms with Gasteiger partial charge in [0.15, 0.2) is 0 Å². The van der Waals surface area contributed by atoms with Crippen molar-refractivity contribution >= 4 is 46.6 Å². The van der Waals surface area contributed by atoms with E-state index >= 15 is 0 Å². The number of anilines is 4. The molecule has 0 spiro atoms. The Kier molecular flexibility index (Phi) is 11.0. The first-order valence-corrected chi connectivity index (χ1v) is 24.1. The molecule has 1 unspecified atom stereocenters. The summed E-state index contributed by atoms with van der Waals surface area (Å²) in [6, 6.07) is 15.2. The van der Waals surface area contributed by atoms with E-state index in [9.17, 15) is 29.1 Å². The second-order valence-corrected chi connectivity index (χ2v) is 20.4. The van der Waals surface area contributed by atoms with E-state index in [4.69, 9.17) is 4.98 Å². The average Bonchev–Trinajstić information content (AvgIpc) is 3.94. The predicted octanol–water partition coefficient (Wildman–Crippen LogP) is 4.77. The SMILES string of the molecule is C[C@H]1CN(C2CC(C#Cc3cccc4c3C(=O)N(C3CCC(=O)NC3=O)C4)C2)CCN1c1ccc(Nc2cc(-c3ccnc(N4CCn5c(cc6c5CC(C)(C)C6)C4=O)c3CO)cn(C)c2=O)nc1. The summed E-state index contributed by atoms with van der Waals surface area (Å²) in [6.07, 6.45) is 9.58. The molecule has 8 heterocycles. The number of rotatable bonds is 8. The normalized spacial score (nSPS) is 22.9. The second kappa shape index (κ2) is 17.1. The molecule has 4 amide bonds. The Hall–Kier alpha value is -7.09. The number of piperidine rings is 1. The van der Waals surface area contributed by atoms with Crippen molar-refractivity contribution in [2.45, 2.75) is 97.1 Å². The molecule has 0 radical (unpaired) electrons. The summed E-state index contributed by atoms with van der Waals surface area (Å²) in [6.45, 7) is 10.5. The molecule has 3 fully saturated rings. The average molecular weight is 929 g/mol. The van der Waals surface area contributed by atoms with E-state index in [0.29, 0.717) is 82.9 Å². The number of nitrogens with one attached hydrogen (secondary N) is 2. The number of pyridine rings is 3. The van der Waals surface area contributed by atoms with Gasteiger partial charge >= 0.3 is 0 Å². The number of carbonyl (C=O) groups excluding carboxylic acids is 4. The zero-order valence-corrected chi connectivity index (χ0v) is 39.4. The highest BCUT2D eigenvalue weighted by Gasteiger charge is 2.41. The Morgan fingerprint density at radius 1 is 0.928 bits per heavy atom. The van der Waals surface area contributed by atoms with Crippen LogP contribution in [0.15, 0.2) is 71.9 Å². The van der Waals surface area contributed by atoms with Crippen LogP contribution in [0.5, 0.6) is 0 Å². The van der Waals surface area contributed by atoms with Crippen molar-refractivity contribution < 1.29 is 24.3 Å². The van der Waals surface area contributed by atoms with Gasteiger partial charge in [-0.1, -0.05) is 37.8 Å². The van der Waals surface area contributed by atoms with E-state index in [1.165, 1.54) is 15.8 Å². The van der Waals surface area contributed by atoms with Crippen LogP contribution in [-0.2, 0) is 49.2 Å². The quantitative estimate of drug-likeness (QED) is 0.144. The second-order valence-electron chi connectivity index (χ2n) is 20.4. The number of hydrogen-bond acceptors (Lipinski definition) is 11. The molecule has 4 aromatic heterocycles. The Morgan fingerprint density at radius 2 is 1.77 bits per heavy atom. The van der Waals surface area contributed by atoms with Gasteiger partial charge in [-0.25, -0.2) is 9.97 Å². The van der Waals surface area contributed by atoms with Crippen LogP contribution in [0.1, 0.15) is 95.2 Å². The fraction of sp³-hybridized carbons (Fsp3) is 0.415. The van der Waals surface area contributed by atoms with Gasteiger partial charge in [-0.05, 0) is 97.5 Å². The summed E-state index contributed by atoms with van der Waals surface area (Å²) < 4.78 is 3.67. The molecule has 4 aliphatic heterocycles. The molecule has 2 saturated heterocycles. The van der Waals surface area contributed by atoms with Crippen LogP contribution in [0.25, 0.3) is 11.1 Å². The van der Waals surface area contributed by atoms with Gasteiger partial charge in [0, 0.05) is 106 Å². The molecule has 11 rings (SSSR count). The first-order chi connectivity index (χ1) is 33.2. The Labute approximate surface area is 400 Å². The van der Waals surface area contributed by atoms with Gasteiger partial charge < -0.3 is 29.4 Å². The maximum Gasteiger partial charge on any atom is 0.276 e. The topological polar surface area (TPSA) is 178 Å². The first-order valence-electron chi connectivity index (χ1n) is 24.1. The zero-order valence-electron chi connectivity index (χ0n) is 39.4. The molecule has 2 aliphatic carbocycles. The molecule has 69 heavy (non-hydrogen) atoms. The number of aromatic nitrogens is 4. The minimum absolute atomic E-state index is 0.132. The Balaban J connectivity index is 0.717. The number of imide groups is 1. The van der Waals surface area contributed by atoms with Crippen molar-refractivity contribution in [2.75, 3.05) is 41.3 Å². The number of aliphatic hydroxyl groups excluding tert-OH is 1. The largest absolute Gasteiger partial charge is 0.392 e. The molecule has 3 N–H and O–H groups in total. The lowest BCUT2D eigenvalue weighted by Crippen LogP contribution is -2.57. The van der Waals surface area contributed by atoms with Crippen LogP contribution >= 0.6 is 0 Å². The lowest BCUT2D eigenvalue weighted by Gasteiger charge is -2.48. The third kappa shape index (κ3) is 7.96. The molecule has 1 aromatic carbocycles. The molecular formula is C53H56N10O6. The summed E-state index contributed by atoms with van der Waals surface area (Å²) in [7, 11) is 1.69. The predicted molar refractivity (Wildman–Crippen MR) is 260 cm³/mol. The lowest BCUT2D eigenvalue weighted by atomic mass is 9.79. The maximum absolute atomic E-state index is 14.0. The van der Waals surface area contributed by atoms with Gasteiger partial charge in [-0.2, -0.15) is 0 Å². The minimum Gasteiger partial charge on any atom is -0.392 e. The summed E-state index contributed by atoms with van der Waals surface area (Å²) in [5.41, 5.74) is 8.39. The van der Waals surface area contributed by atoms with Crippen molar-refractivity contribution in [3.8, 4) is 23.0 Å². The van der Waals surface area contributed by atoms with Gasteiger partial charge in [0.2, 0.25) is 11.8 Å². The third-order valence-corrected chi connectivity index (χ3v) is 15.2. The number of piperazine rings is 1.